The van der Waals surface area contributed by atoms with Gasteiger partial charge in [0.2, 0.25) is 5.91 Å². The van der Waals surface area contributed by atoms with Crippen LogP contribution in [0, 0.1) is 0 Å². The van der Waals surface area contributed by atoms with Crippen LogP contribution in [0.15, 0.2) is 47.2 Å². The third-order valence-corrected chi connectivity index (χ3v) is 4.27. The predicted octanol–water partition coefficient (Wildman–Crippen LogP) is 2.70. The minimum atomic E-state index is -0.169. The molecule has 5 heteroatoms. The zero-order chi connectivity index (χ0) is 16.2. The summed E-state index contributed by atoms with van der Waals surface area (Å²) >= 11 is 0. The number of nitrogens with zero attached hydrogens (tertiary/aromatic N) is 3. The highest BCUT2D eigenvalue weighted by Gasteiger charge is 2.19. The maximum Gasteiger partial charge on any atom is 0.261 e. The van der Waals surface area contributed by atoms with Crippen LogP contribution >= 0.6 is 0 Å². The number of likely N-dealkylation sites (N-methyl/N-ethyl adjacent to an activating group) is 1. The fraction of sp³-hybridized carbons (Fsp3) is 0.389. The molecule has 5 nitrogen and oxygen atoms in total. The van der Waals surface area contributed by atoms with Crippen molar-refractivity contribution in [1.29, 1.82) is 0 Å². The van der Waals surface area contributed by atoms with Crippen molar-refractivity contribution < 1.29 is 4.79 Å². The molecule has 120 valence electrons. The Bertz CT molecular complexity index is 807. The molecule has 1 amide bonds. The summed E-state index contributed by atoms with van der Waals surface area (Å²) in [5.41, 5.74) is 1.58. The quantitative estimate of drug-likeness (QED) is 0.872. The second kappa shape index (κ2) is 6.77. The fourth-order valence-corrected chi connectivity index (χ4v) is 3.06. The number of hydrogen-bond acceptors (Lipinski definition) is 3. The van der Waals surface area contributed by atoms with E-state index in [9.17, 15) is 9.59 Å². The summed E-state index contributed by atoms with van der Waals surface area (Å²) in [7, 11) is 0. The van der Waals surface area contributed by atoms with Gasteiger partial charge in [0.05, 0.1) is 17.2 Å². The average molecular weight is 311 g/mol. The van der Waals surface area contributed by atoms with Crippen molar-refractivity contribution in [3.63, 3.8) is 0 Å². The summed E-state index contributed by atoms with van der Waals surface area (Å²) in [6.45, 7) is 2.62. The van der Waals surface area contributed by atoms with Crippen molar-refractivity contribution in [2.45, 2.75) is 39.2 Å². The zero-order valence-electron chi connectivity index (χ0n) is 13.4. The molecule has 0 bridgehead atoms. The standard InChI is InChI=1S/C18H21N3O2/c1-2-21(14-8-4-3-5-9-14)17(22)12-20-13-19-16-11-7-6-10-15(16)18(20)23/h6-8,10-11,13H,2-5,9,12H2,1H3. The smallest absolute Gasteiger partial charge is 0.261 e. The molecule has 0 saturated heterocycles. The van der Waals surface area contributed by atoms with Crippen molar-refractivity contribution in [2.24, 2.45) is 0 Å². The first-order valence-electron chi connectivity index (χ1n) is 8.14. The van der Waals surface area contributed by atoms with Crippen LogP contribution in [0.5, 0.6) is 0 Å². The SMILES string of the molecule is CCN(C(=O)Cn1cnc2ccccc2c1=O)C1=CCCCC1. The van der Waals surface area contributed by atoms with Gasteiger partial charge in [-0.1, -0.05) is 18.2 Å². The summed E-state index contributed by atoms with van der Waals surface area (Å²) in [6, 6.07) is 7.20. The van der Waals surface area contributed by atoms with E-state index >= 15 is 0 Å². The molecule has 1 aliphatic rings. The molecular weight excluding hydrogens is 290 g/mol. The first-order valence-corrected chi connectivity index (χ1v) is 8.14. The molecule has 0 aliphatic heterocycles. The van der Waals surface area contributed by atoms with Gasteiger partial charge in [0.1, 0.15) is 6.54 Å². The molecule has 1 heterocycles. The van der Waals surface area contributed by atoms with Crippen LogP contribution in [-0.4, -0.2) is 26.9 Å². The largest absolute Gasteiger partial charge is 0.315 e. The summed E-state index contributed by atoms with van der Waals surface area (Å²) in [4.78, 5) is 31.2. The summed E-state index contributed by atoms with van der Waals surface area (Å²) in [6.07, 6.45) is 7.87. The van der Waals surface area contributed by atoms with Gasteiger partial charge >= 0.3 is 0 Å². The molecule has 0 fully saturated rings. The van der Waals surface area contributed by atoms with Gasteiger partial charge in [-0.25, -0.2) is 4.98 Å². The summed E-state index contributed by atoms with van der Waals surface area (Å²) in [5.74, 6) is -0.0557. The summed E-state index contributed by atoms with van der Waals surface area (Å²) in [5, 5.41) is 0.544. The van der Waals surface area contributed by atoms with Crippen LogP contribution in [-0.2, 0) is 11.3 Å². The van der Waals surface area contributed by atoms with Crippen LogP contribution < -0.4 is 5.56 Å². The van der Waals surface area contributed by atoms with Crippen molar-refractivity contribution >= 4 is 16.8 Å². The van der Waals surface area contributed by atoms with Crippen molar-refractivity contribution in [2.75, 3.05) is 6.54 Å². The van der Waals surface area contributed by atoms with E-state index in [0.717, 1.165) is 25.0 Å². The number of rotatable bonds is 4. The lowest BCUT2D eigenvalue weighted by atomic mass is 10.0. The Balaban J connectivity index is 1.86. The average Bonchev–Trinajstić information content (AvgIpc) is 2.59. The molecular formula is C18H21N3O2. The van der Waals surface area contributed by atoms with Gasteiger partial charge in [-0.15, -0.1) is 0 Å². The summed E-state index contributed by atoms with van der Waals surface area (Å²) < 4.78 is 1.40. The van der Waals surface area contributed by atoms with Crippen LogP contribution in [0.1, 0.15) is 32.6 Å². The van der Waals surface area contributed by atoms with Gasteiger partial charge in [-0.3, -0.25) is 14.2 Å². The lowest BCUT2D eigenvalue weighted by molar-refractivity contribution is -0.130. The highest BCUT2D eigenvalue weighted by atomic mass is 16.2. The van der Waals surface area contributed by atoms with E-state index in [2.05, 4.69) is 11.1 Å². The number of carbonyl (C=O) groups excluding carboxylic acids is 1. The Morgan fingerprint density at radius 2 is 2.13 bits per heavy atom. The first-order chi connectivity index (χ1) is 11.2. The first kappa shape index (κ1) is 15.5. The Morgan fingerprint density at radius 3 is 2.87 bits per heavy atom. The van der Waals surface area contributed by atoms with Gasteiger partial charge < -0.3 is 4.90 Å². The number of amides is 1. The molecule has 1 aliphatic carbocycles. The van der Waals surface area contributed by atoms with Crippen LogP contribution in [0.2, 0.25) is 0 Å². The zero-order valence-corrected chi connectivity index (χ0v) is 13.4. The predicted molar refractivity (Wildman–Crippen MR) is 89.9 cm³/mol. The van der Waals surface area contributed by atoms with Gasteiger partial charge in [0.15, 0.2) is 0 Å². The molecule has 3 rings (SSSR count). The van der Waals surface area contributed by atoms with E-state index in [1.54, 1.807) is 17.0 Å². The fourth-order valence-electron chi connectivity index (χ4n) is 3.06. The van der Waals surface area contributed by atoms with E-state index in [1.807, 2.05) is 19.1 Å². The molecule has 2 aromatic rings. The second-order valence-electron chi connectivity index (χ2n) is 5.77. The lowest BCUT2D eigenvalue weighted by Crippen LogP contribution is -2.36. The molecule has 0 N–H and O–H groups in total. The van der Waals surface area contributed by atoms with Gasteiger partial charge in [0, 0.05) is 12.2 Å². The number of hydrogen-bond donors (Lipinski definition) is 0. The molecule has 23 heavy (non-hydrogen) atoms. The van der Waals surface area contributed by atoms with Gasteiger partial charge in [-0.2, -0.15) is 0 Å². The highest BCUT2D eigenvalue weighted by Crippen LogP contribution is 2.21. The highest BCUT2D eigenvalue weighted by molar-refractivity contribution is 5.79. The van der Waals surface area contributed by atoms with Crippen LogP contribution in [0.3, 0.4) is 0 Å². The number of para-hydroxylation sites is 1. The topological polar surface area (TPSA) is 55.2 Å². The van der Waals surface area contributed by atoms with Gasteiger partial charge in [0.25, 0.3) is 5.56 Å². The number of fused-ring (bicyclic) bond motifs is 1. The number of aromatic nitrogens is 2. The third-order valence-electron chi connectivity index (χ3n) is 4.27. The molecule has 0 atom stereocenters. The monoisotopic (exact) mass is 311 g/mol. The van der Waals surface area contributed by atoms with Gasteiger partial charge in [-0.05, 0) is 44.7 Å². The van der Waals surface area contributed by atoms with E-state index < -0.39 is 0 Å². The third kappa shape index (κ3) is 3.18. The number of carbonyl (C=O) groups is 1. The molecule has 0 unspecified atom stereocenters. The Kier molecular flexibility index (Phi) is 4.55. The number of benzene rings is 1. The minimum absolute atomic E-state index is 0.0296. The maximum absolute atomic E-state index is 12.6. The van der Waals surface area contributed by atoms with E-state index in [4.69, 9.17) is 0 Å². The molecule has 0 saturated carbocycles. The van der Waals surface area contributed by atoms with Crippen LogP contribution in [0.4, 0.5) is 0 Å². The normalized spacial score (nSPS) is 14.6. The Labute approximate surface area is 135 Å². The van der Waals surface area contributed by atoms with Crippen molar-refractivity contribution in [3.05, 3.63) is 52.7 Å². The minimum Gasteiger partial charge on any atom is -0.315 e. The Hall–Kier alpha value is -2.43. The Morgan fingerprint density at radius 1 is 1.30 bits per heavy atom. The van der Waals surface area contributed by atoms with E-state index in [1.165, 1.54) is 17.3 Å². The van der Waals surface area contributed by atoms with Crippen molar-refractivity contribution in [1.82, 2.24) is 14.5 Å². The van der Waals surface area contributed by atoms with Crippen molar-refractivity contribution in [3.8, 4) is 0 Å². The molecule has 1 aromatic carbocycles. The van der Waals surface area contributed by atoms with E-state index in [-0.39, 0.29) is 18.0 Å². The lowest BCUT2D eigenvalue weighted by Gasteiger charge is -2.26. The maximum atomic E-state index is 12.6. The van der Waals surface area contributed by atoms with Crippen LogP contribution in [0.25, 0.3) is 10.9 Å². The van der Waals surface area contributed by atoms with E-state index in [0.29, 0.717) is 17.4 Å². The molecule has 0 radical (unpaired) electrons. The second-order valence-corrected chi connectivity index (χ2v) is 5.77. The molecule has 0 spiro atoms. The number of allylic oxidation sites excluding steroid dienone is 2. The molecule has 1 aromatic heterocycles.